The molecule has 0 bridgehead atoms. The number of hydrogen-bond donors (Lipinski definition) is 2. The monoisotopic (exact) mass is 465 g/mol. The van der Waals surface area contributed by atoms with Crippen LogP contribution >= 0.6 is 11.6 Å². The average Bonchev–Trinajstić information content (AvgIpc) is 2.81. The van der Waals surface area contributed by atoms with Gasteiger partial charge in [-0.3, -0.25) is 9.59 Å². The van der Waals surface area contributed by atoms with Crippen molar-refractivity contribution in [3.8, 4) is 11.5 Å². The normalized spacial score (nSPS) is 10.6. The molecule has 0 aliphatic carbocycles. The number of hydrazone groups is 1. The number of ether oxygens (including phenoxy) is 2. The van der Waals surface area contributed by atoms with E-state index in [2.05, 4.69) is 15.8 Å². The van der Waals surface area contributed by atoms with E-state index in [1.165, 1.54) is 6.21 Å². The molecule has 2 N–H and O–H groups in total. The van der Waals surface area contributed by atoms with Crippen molar-refractivity contribution in [2.75, 3.05) is 12.4 Å². The summed E-state index contributed by atoms with van der Waals surface area (Å²) in [7, 11) is 1.63. The van der Waals surface area contributed by atoms with Gasteiger partial charge in [0.1, 0.15) is 24.5 Å². The summed E-state index contributed by atoms with van der Waals surface area (Å²) in [5.41, 5.74) is 5.57. The number of hydrogen-bond acceptors (Lipinski definition) is 5. The fraction of sp³-hybridized carbons (Fsp3) is 0.160. The number of rotatable bonds is 9. The molecule has 8 heteroatoms. The van der Waals surface area contributed by atoms with Gasteiger partial charge in [0.2, 0.25) is 11.8 Å². The molecule has 0 aliphatic heterocycles. The quantitative estimate of drug-likeness (QED) is 0.272. The van der Waals surface area contributed by atoms with Crippen molar-refractivity contribution in [3.05, 3.63) is 88.4 Å². The Balaban J connectivity index is 1.42. The van der Waals surface area contributed by atoms with Gasteiger partial charge < -0.3 is 14.8 Å². The Morgan fingerprint density at radius 1 is 0.970 bits per heavy atom. The zero-order valence-corrected chi connectivity index (χ0v) is 19.1. The average molecular weight is 466 g/mol. The molecule has 0 aromatic heterocycles. The number of nitrogens with one attached hydrogen (secondary N) is 2. The summed E-state index contributed by atoms with van der Waals surface area (Å²) in [6, 6.07) is 20.0. The molecule has 0 aliphatic rings. The van der Waals surface area contributed by atoms with Crippen molar-refractivity contribution in [1.82, 2.24) is 5.43 Å². The molecule has 7 nitrogen and oxygen atoms in total. The Morgan fingerprint density at radius 3 is 2.33 bits per heavy atom. The minimum absolute atomic E-state index is 0.360. The van der Waals surface area contributed by atoms with Crippen molar-refractivity contribution < 1.29 is 19.1 Å². The minimum atomic E-state index is -0.526. The topological polar surface area (TPSA) is 89.0 Å². The van der Waals surface area contributed by atoms with Crippen LogP contribution in [0.5, 0.6) is 11.5 Å². The predicted molar refractivity (Wildman–Crippen MR) is 129 cm³/mol. The summed E-state index contributed by atoms with van der Waals surface area (Å²) in [5, 5.41) is 7.06. The van der Waals surface area contributed by atoms with Crippen LogP contribution in [0.15, 0.2) is 71.8 Å². The summed E-state index contributed by atoms with van der Waals surface area (Å²) in [4.78, 5) is 23.9. The van der Waals surface area contributed by atoms with Gasteiger partial charge in [0.15, 0.2) is 0 Å². The second kappa shape index (κ2) is 11.7. The fourth-order valence-electron chi connectivity index (χ4n) is 2.78. The van der Waals surface area contributed by atoms with Crippen LogP contribution in [0.1, 0.15) is 23.1 Å². The van der Waals surface area contributed by atoms with E-state index in [0.29, 0.717) is 23.1 Å². The smallest absolute Gasteiger partial charge is 0.249 e. The van der Waals surface area contributed by atoms with E-state index >= 15 is 0 Å². The van der Waals surface area contributed by atoms with Gasteiger partial charge in [0, 0.05) is 10.7 Å². The van der Waals surface area contributed by atoms with Crippen LogP contribution in [0.2, 0.25) is 5.02 Å². The third kappa shape index (κ3) is 7.66. The molecular formula is C25H24ClN3O4. The molecule has 0 spiro atoms. The Labute approximate surface area is 197 Å². The van der Waals surface area contributed by atoms with Crippen LogP contribution in [0.3, 0.4) is 0 Å². The van der Waals surface area contributed by atoms with Crippen molar-refractivity contribution >= 4 is 35.3 Å². The first kappa shape index (κ1) is 23.8. The van der Waals surface area contributed by atoms with Crippen molar-refractivity contribution in [2.24, 2.45) is 5.10 Å². The first-order chi connectivity index (χ1) is 15.9. The van der Waals surface area contributed by atoms with Crippen molar-refractivity contribution in [1.29, 1.82) is 0 Å². The standard InChI is InChI=1S/C25H24ClN3O4/c1-17-3-8-20(13-23(17)26)28-24(30)14-25(31)29-27-15-18-4-11-22(12-5-18)33-16-19-6-9-21(32-2)10-7-19/h3-13,15H,14,16H2,1-2H3,(H,28,30)(H,29,31). The van der Waals surface area contributed by atoms with Crippen LogP contribution in [0.4, 0.5) is 5.69 Å². The summed E-state index contributed by atoms with van der Waals surface area (Å²) in [6.45, 7) is 2.30. The van der Waals surface area contributed by atoms with Crippen LogP contribution in [0.25, 0.3) is 0 Å². The van der Waals surface area contributed by atoms with E-state index in [0.717, 1.165) is 22.4 Å². The lowest BCUT2D eigenvalue weighted by molar-refractivity contribution is -0.126. The number of carbonyl (C=O) groups excluding carboxylic acids is 2. The highest BCUT2D eigenvalue weighted by molar-refractivity contribution is 6.31. The lowest BCUT2D eigenvalue weighted by atomic mass is 10.2. The third-order valence-electron chi connectivity index (χ3n) is 4.62. The van der Waals surface area contributed by atoms with E-state index in [1.54, 1.807) is 25.3 Å². The number of anilines is 1. The fourth-order valence-corrected chi connectivity index (χ4v) is 2.96. The maximum atomic E-state index is 12.0. The molecule has 0 unspecified atom stereocenters. The molecule has 3 aromatic carbocycles. The second-order valence-electron chi connectivity index (χ2n) is 7.19. The minimum Gasteiger partial charge on any atom is -0.497 e. The van der Waals surface area contributed by atoms with Crippen LogP contribution in [-0.4, -0.2) is 25.1 Å². The molecule has 3 aromatic rings. The van der Waals surface area contributed by atoms with Gasteiger partial charge in [0.05, 0.1) is 13.3 Å². The van der Waals surface area contributed by atoms with Crippen LogP contribution < -0.4 is 20.2 Å². The highest BCUT2D eigenvalue weighted by Crippen LogP contribution is 2.20. The lowest BCUT2D eigenvalue weighted by Gasteiger charge is -2.07. The number of halogens is 1. The molecule has 2 amide bonds. The Hall–Kier alpha value is -3.84. The zero-order valence-electron chi connectivity index (χ0n) is 18.3. The molecule has 0 fully saturated rings. The molecule has 170 valence electrons. The largest absolute Gasteiger partial charge is 0.497 e. The third-order valence-corrected chi connectivity index (χ3v) is 5.03. The molecule has 0 heterocycles. The van der Waals surface area contributed by atoms with Crippen molar-refractivity contribution in [3.63, 3.8) is 0 Å². The lowest BCUT2D eigenvalue weighted by Crippen LogP contribution is -2.24. The summed E-state index contributed by atoms with van der Waals surface area (Å²) in [5.74, 6) is 0.522. The van der Waals surface area contributed by atoms with E-state index in [4.69, 9.17) is 21.1 Å². The van der Waals surface area contributed by atoms with Gasteiger partial charge in [0.25, 0.3) is 0 Å². The van der Waals surface area contributed by atoms with Crippen molar-refractivity contribution in [2.45, 2.75) is 20.0 Å². The molecule has 0 saturated heterocycles. The van der Waals surface area contributed by atoms with Gasteiger partial charge in [-0.15, -0.1) is 0 Å². The second-order valence-corrected chi connectivity index (χ2v) is 7.60. The molecule has 0 atom stereocenters. The molecular weight excluding hydrogens is 442 g/mol. The molecule has 0 radical (unpaired) electrons. The number of amides is 2. The van der Waals surface area contributed by atoms with Gasteiger partial charge in [-0.05, 0) is 72.1 Å². The number of benzene rings is 3. The van der Waals surface area contributed by atoms with E-state index < -0.39 is 11.8 Å². The summed E-state index contributed by atoms with van der Waals surface area (Å²) < 4.78 is 10.9. The predicted octanol–water partition coefficient (Wildman–Crippen LogP) is 4.71. The number of nitrogens with zero attached hydrogens (tertiary/aromatic N) is 1. The number of methoxy groups -OCH3 is 1. The molecule has 3 rings (SSSR count). The Bertz CT molecular complexity index is 1130. The maximum absolute atomic E-state index is 12.0. The molecule has 0 saturated carbocycles. The number of aryl methyl sites for hydroxylation is 1. The first-order valence-corrected chi connectivity index (χ1v) is 10.5. The maximum Gasteiger partial charge on any atom is 0.249 e. The van der Waals surface area contributed by atoms with Gasteiger partial charge >= 0.3 is 0 Å². The van der Waals surface area contributed by atoms with Gasteiger partial charge in [-0.1, -0.05) is 29.8 Å². The highest BCUT2D eigenvalue weighted by atomic mass is 35.5. The van der Waals surface area contributed by atoms with E-state index in [1.807, 2.05) is 55.5 Å². The van der Waals surface area contributed by atoms with E-state index in [9.17, 15) is 9.59 Å². The van der Waals surface area contributed by atoms with Gasteiger partial charge in [-0.25, -0.2) is 5.43 Å². The summed E-state index contributed by atoms with van der Waals surface area (Å²) >= 11 is 6.03. The highest BCUT2D eigenvalue weighted by Gasteiger charge is 2.09. The summed E-state index contributed by atoms with van der Waals surface area (Å²) in [6.07, 6.45) is 1.13. The first-order valence-electron chi connectivity index (χ1n) is 10.2. The zero-order chi connectivity index (χ0) is 23.6. The molecule has 33 heavy (non-hydrogen) atoms. The van der Waals surface area contributed by atoms with E-state index in [-0.39, 0.29) is 6.42 Å². The van der Waals surface area contributed by atoms with Crippen LogP contribution in [0, 0.1) is 6.92 Å². The van der Waals surface area contributed by atoms with Gasteiger partial charge in [-0.2, -0.15) is 5.10 Å². The SMILES string of the molecule is COc1ccc(COc2ccc(C=NNC(=O)CC(=O)Nc3ccc(C)c(Cl)c3)cc2)cc1. The van der Waals surface area contributed by atoms with Crippen LogP contribution in [-0.2, 0) is 16.2 Å². The Morgan fingerprint density at radius 2 is 1.67 bits per heavy atom. The Kier molecular flexibility index (Phi) is 8.43. The number of carbonyl (C=O) groups is 2.